The normalized spacial score (nSPS) is 23.8. The lowest BCUT2D eigenvalue weighted by Crippen LogP contribution is -2.46. The van der Waals surface area contributed by atoms with Crippen LogP contribution in [0.15, 0.2) is 12.4 Å². The van der Waals surface area contributed by atoms with Gasteiger partial charge in [-0.1, -0.05) is 0 Å². The molecule has 2 fully saturated rings. The molecule has 0 atom stereocenters. The molecule has 4 rings (SSSR count). The zero-order valence-electron chi connectivity index (χ0n) is 15.1. The van der Waals surface area contributed by atoms with Crippen molar-refractivity contribution in [1.29, 1.82) is 0 Å². The summed E-state index contributed by atoms with van der Waals surface area (Å²) in [5, 5.41) is 6.84. The minimum atomic E-state index is 0.309. The molecule has 0 aromatic carbocycles. The van der Waals surface area contributed by atoms with Crippen molar-refractivity contribution in [3.05, 3.63) is 29.7 Å². The summed E-state index contributed by atoms with van der Waals surface area (Å²) in [4.78, 5) is 18.3. The average Bonchev–Trinajstić information content (AvgIpc) is 3.13. The van der Waals surface area contributed by atoms with Crippen molar-refractivity contribution in [3.8, 4) is 0 Å². The smallest absolute Gasteiger partial charge is 0.156 e. The molecule has 2 aromatic rings. The van der Waals surface area contributed by atoms with Gasteiger partial charge < -0.3 is 15.4 Å². The van der Waals surface area contributed by atoms with Crippen molar-refractivity contribution in [2.75, 3.05) is 38.2 Å². The molecular weight excluding hydrogens is 332 g/mol. The van der Waals surface area contributed by atoms with E-state index in [1.165, 1.54) is 0 Å². The number of nitrogens with zero attached hydrogens (tertiary/aromatic N) is 6. The third kappa shape index (κ3) is 3.84. The number of hydrogen-bond donors (Lipinski definition) is 2. The molecule has 9 heteroatoms. The highest BCUT2D eigenvalue weighted by Gasteiger charge is 2.30. The zero-order valence-corrected chi connectivity index (χ0v) is 15.1. The summed E-state index contributed by atoms with van der Waals surface area (Å²) in [7, 11) is 1.68. The number of aromatic nitrogens is 5. The lowest BCUT2D eigenvalue weighted by Gasteiger charge is -2.36. The average molecular weight is 358 g/mol. The van der Waals surface area contributed by atoms with Gasteiger partial charge in [0.15, 0.2) is 5.82 Å². The monoisotopic (exact) mass is 358 g/mol. The van der Waals surface area contributed by atoms with E-state index in [1.807, 2.05) is 0 Å². The first-order chi connectivity index (χ1) is 12.7. The fourth-order valence-electron chi connectivity index (χ4n) is 3.63. The molecule has 2 aromatic heterocycles. The number of piperazine rings is 1. The first kappa shape index (κ1) is 17.3. The summed E-state index contributed by atoms with van der Waals surface area (Å²) < 4.78 is 5.26. The Bertz CT molecular complexity index is 708. The van der Waals surface area contributed by atoms with Crippen LogP contribution in [0.4, 0.5) is 5.82 Å². The molecule has 1 saturated heterocycles. The molecule has 2 aliphatic rings. The van der Waals surface area contributed by atoms with E-state index < -0.39 is 0 Å². The van der Waals surface area contributed by atoms with Crippen LogP contribution < -0.4 is 10.6 Å². The number of rotatable bonds is 6. The van der Waals surface area contributed by atoms with Crippen LogP contribution in [0.25, 0.3) is 0 Å². The van der Waals surface area contributed by atoms with Crippen LogP contribution >= 0.6 is 0 Å². The number of aromatic amines is 1. The van der Waals surface area contributed by atoms with E-state index in [9.17, 15) is 0 Å². The molecule has 0 radical (unpaired) electrons. The second-order valence-electron chi connectivity index (χ2n) is 7.12. The molecule has 0 bridgehead atoms. The molecule has 1 saturated carbocycles. The maximum Gasteiger partial charge on any atom is 0.156 e. The Labute approximate surface area is 153 Å². The second kappa shape index (κ2) is 7.65. The van der Waals surface area contributed by atoms with E-state index >= 15 is 0 Å². The Kier molecular flexibility index (Phi) is 5.09. The predicted octanol–water partition coefficient (Wildman–Crippen LogP) is 0.268. The molecule has 0 spiro atoms. The second-order valence-corrected chi connectivity index (χ2v) is 7.12. The van der Waals surface area contributed by atoms with Crippen LogP contribution in [0.2, 0.25) is 0 Å². The Morgan fingerprint density at radius 3 is 2.69 bits per heavy atom. The Balaban J connectivity index is 1.43. The molecule has 0 unspecified atom stereocenters. The Morgan fingerprint density at radius 1 is 1.23 bits per heavy atom. The van der Waals surface area contributed by atoms with Crippen LogP contribution in [-0.4, -0.2) is 69.4 Å². The van der Waals surface area contributed by atoms with E-state index in [1.54, 1.807) is 13.4 Å². The van der Waals surface area contributed by atoms with Crippen molar-refractivity contribution in [3.63, 3.8) is 0 Å². The van der Waals surface area contributed by atoms with Crippen LogP contribution in [0.3, 0.4) is 0 Å². The zero-order chi connectivity index (χ0) is 17.9. The number of nitrogens with two attached hydrogens (primary N) is 1. The van der Waals surface area contributed by atoms with Gasteiger partial charge in [-0.2, -0.15) is 5.10 Å². The summed E-state index contributed by atoms with van der Waals surface area (Å²) in [6, 6.07) is 2.45. The van der Waals surface area contributed by atoms with Crippen molar-refractivity contribution in [2.24, 2.45) is 5.73 Å². The highest BCUT2D eigenvalue weighted by Crippen LogP contribution is 2.35. The molecule has 9 nitrogen and oxygen atoms in total. The first-order valence-corrected chi connectivity index (χ1v) is 9.15. The van der Waals surface area contributed by atoms with Crippen molar-refractivity contribution >= 4 is 5.82 Å². The van der Waals surface area contributed by atoms with Gasteiger partial charge in [0.25, 0.3) is 0 Å². The molecule has 140 valence electrons. The predicted molar refractivity (Wildman–Crippen MR) is 96.6 cm³/mol. The molecule has 3 heterocycles. The van der Waals surface area contributed by atoms with Gasteiger partial charge in [0, 0.05) is 57.0 Å². The maximum absolute atomic E-state index is 5.96. The minimum Gasteiger partial charge on any atom is -0.377 e. The fraction of sp³-hybridized carbons (Fsp3) is 0.647. The molecular formula is C17H26N8O. The lowest BCUT2D eigenvalue weighted by atomic mass is 9.78. The van der Waals surface area contributed by atoms with E-state index in [2.05, 4.69) is 31.0 Å². The van der Waals surface area contributed by atoms with Crippen LogP contribution in [0.1, 0.15) is 36.1 Å². The van der Waals surface area contributed by atoms with Gasteiger partial charge in [-0.25, -0.2) is 15.0 Å². The standard InChI is InChI=1S/C17H26N8O/c1-26-10-16-21-14(12-6-13(18)7-12)8-17(22-16)25-4-2-24(3-5-25)9-15-19-11-20-23-15/h8,11-13H,2-7,9-10,18H2,1H3,(H,19,20,23). The van der Waals surface area contributed by atoms with Gasteiger partial charge in [-0.3, -0.25) is 10.00 Å². The number of methoxy groups -OCH3 is 1. The molecule has 1 aliphatic heterocycles. The maximum atomic E-state index is 5.96. The van der Waals surface area contributed by atoms with Crippen molar-refractivity contribution in [1.82, 2.24) is 30.0 Å². The third-order valence-corrected chi connectivity index (χ3v) is 5.18. The number of nitrogens with one attached hydrogen (secondary N) is 1. The number of ether oxygens (including phenoxy) is 1. The summed E-state index contributed by atoms with van der Waals surface area (Å²) in [5.41, 5.74) is 7.06. The molecule has 3 N–H and O–H groups in total. The third-order valence-electron chi connectivity index (χ3n) is 5.18. The van der Waals surface area contributed by atoms with Crippen LogP contribution in [0, 0.1) is 0 Å². The van der Waals surface area contributed by atoms with Gasteiger partial charge in [-0.05, 0) is 12.8 Å². The Morgan fingerprint density at radius 2 is 2.04 bits per heavy atom. The molecule has 0 amide bonds. The van der Waals surface area contributed by atoms with E-state index in [0.717, 1.165) is 68.7 Å². The first-order valence-electron chi connectivity index (χ1n) is 9.15. The van der Waals surface area contributed by atoms with Gasteiger partial charge in [0.1, 0.15) is 24.6 Å². The number of hydrogen-bond acceptors (Lipinski definition) is 8. The Hall–Kier alpha value is -2.10. The fourth-order valence-corrected chi connectivity index (χ4v) is 3.63. The lowest BCUT2D eigenvalue weighted by molar-refractivity contribution is 0.177. The van der Waals surface area contributed by atoms with E-state index in [0.29, 0.717) is 18.6 Å². The van der Waals surface area contributed by atoms with E-state index in [-0.39, 0.29) is 0 Å². The van der Waals surface area contributed by atoms with Crippen molar-refractivity contribution in [2.45, 2.75) is 38.0 Å². The highest BCUT2D eigenvalue weighted by molar-refractivity contribution is 5.42. The van der Waals surface area contributed by atoms with Gasteiger partial charge in [0.2, 0.25) is 0 Å². The van der Waals surface area contributed by atoms with E-state index in [4.69, 9.17) is 20.4 Å². The summed E-state index contributed by atoms with van der Waals surface area (Å²) in [6.07, 6.45) is 3.57. The summed E-state index contributed by atoms with van der Waals surface area (Å²) in [6.45, 7) is 5.03. The summed E-state index contributed by atoms with van der Waals surface area (Å²) >= 11 is 0. The molecule has 26 heavy (non-hydrogen) atoms. The van der Waals surface area contributed by atoms with Crippen LogP contribution in [-0.2, 0) is 17.9 Å². The topological polar surface area (TPSA) is 109 Å². The SMILES string of the molecule is COCc1nc(C2CC(N)C2)cc(N2CCN(Cc3ncn[nH]3)CC2)n1. The quantitative estimate of drug-likeness (QED) is 0.757. The van der Waals surface area contributed by atoms with Crippen molar-refractivity contribution < 1.29 is 4.74 Å². The minimum absolute atomic E-state index is 0.309. The number of H-pyrrole nitrogens is 1. The van der Waals surface area contributed by atoms with Gasteiger partial charge >= 0.3 is 0 Å². The summed E-state index contributed by atoms with van der Waals surface area (Å²) in [5.74, 6) is 3.12. The van der Waals surface area contributed by atoms with Crippen LogP contribution in [0.5, 0.6) is 0 Å². The highest BCUT2D eigenvalue weighted by atomic mass is 16.5. The van der Waals surface area contributed by atoms with Gasteiger partial charge in [0.05, 0.1) is 6.54 Å². The number of anilines is 1. The molecule has 1 aliphatic carbocycles. The largest absolute Gasteiger partial charge is 0.377 e. The van der Waals surface area contributed by atoms with Gasteiger partial charge in [-0.15, -0.1) is 0 Å².